The van der Waals surface area contributed by atoms with Crippen LogP contribution >= 0.6 is 11.6 Å². The summed E-state index contributed by atoms with van der Waals surface area (Å²) in [5, 5.41) is 5.37. The molecule has 2 heterocycles. The van der Waals surface area contributed by atoms with Gasteiger partial charge in [-0.25, -0.2) is 0 Å². The number of hydrogen-bond acceptors (Lipinski definition) is 2. The summed E-state index contributed by atoms with van der Waals surface area (Å²) < 4.78 is 0. The van der Waals surface area contributed by atoms with Crippen LogP contribution in [0.25, 0.3) is 16.3 Å². The molecule has 1 aliphatic rings. The Morgan fingerprint density at radius 3 is 2.58 bits per heavy atom. The van der Waals surface area contributed by atoms with E-state index in [4.69, 9.17) is 11.6 Å². The molecule has 1 amide bonds. The van der Waals surface area contributed by atoms with Gasteiger partial charge in [-0.3, -0.25) is 9.59 Å². The lowest BCUT2D eigenvalue weighted by atomic mass is 9.96. The molecule has 0 unspecified atom stereocenters. The van der Waals surface area contributed by atoms with Crippen molar-refractivity contribution in [2.45, 2.75) is 18.9 Å². The molecule has 1 atom stereocenters. The van der Waals surface area contributed by atoms with Gasteiger partial charge in [0.25, 0.3) is 5.56 Å². The van der Waals surface area contributed by atoms with Crippen molar-refractivity contribution in [2.24, 2.45) is 0 Å². The van der Waals surface area contributed by atoms with Crippen LogP contribution in [-0.2, 0) is 4.79 Å². The van der Waals surface area contributed by atoms with Gasteiger partial charge in [0.05, 0.1) is 0 Å². The number of H-pyrrole nitrogens is 1. The average Bonchev–Trinajstić information content (AvgIpc) is 3.07. The number of aromatic amines is 1. The molecular formula is C21H17ClN2O2. The lowest BCUT2D eigenvalue weighted by Gasteiger charge is -2.13. The van der Waals surface area contributed by atoms with Crippen molar-refractivity contribution in [1.29, 1.82) is 0 Å². The van der Waals surface area contributed by atoms with Gasteiger partial charge < -0.3 is 10.3 Å². The first-order valence-electron chi connectivity index (χ1n) is 8.50. The topological polar surface area (TPSA) is 62.0 Å². The molecule has 2 N–H and O–H groups in total. The summed E-state index contributed by atoms with van der Waals surface area (Å²) >= 11 is 5.88. The third-order valence-corrected chi connectivity index (χ3v) is 4.91. The fraction of sp³-hybridized carbons (Fsp3) is 0.143. The highest BCUT2D eigenvalue weighted by molar-refractivity contribution is 6.30. The lowest BCUT2D eigenvalue weighted by Crippen LogP contribution is -2.23. The third kappa shape index (κ3) is 3.28. The zero-order valence-electron chi connectivity index (χ0n) is 14.0. The minimum atomic E-state index is -0.327. The summed E-state index contributed by atoms with van der Waals surface area (Å²) in [7, 11) is 0. The van der Waals surface area contributed by atoms with E-state index in [-0.39, 0.29) is 22.5 Å². The van der Waals surface area contributed by atoms with E-state index < -0.39 is 0 Å². The predicted molar refractivity (Wildman–Crippen MR) is 104 cm³/mol. The van der Waals surface area contributed by atoms with E-state index in [9.17, 15) is 9.59 Å². The number of carbonyl (C=O) groups excluding carboxylic acids is 1. The fourth-order valence-electron chi connectivity index (χ4n) is 3.28. The van der Waals surface area contributed by atoms with Crippen molar-refractivity contribution < 1.29 is 4.79 Å². The van der Waals surface area contributed by atoms with Crippen molar-refractivity contribution in [3.63, 3.8) is 0 Å². The standard InChI is InChI=1S/C21H17ClN2O2/c22-18-8-9-19(24-21(18)26)17(12-16-7-10-20(25)23-16)15-6-5-13-3-1-2-4-14(13)11-15/h1-6,8-9,11-12,16H,7,10H2,(H,23,25)(H,24,26)/b17-12-/t16-/m1/s1. The number of fused-ring (bicyclic) bond motifs is 1. The van der Waals surface area contributed by atoms with E-state index in [1.54, 1.807) is 12.1 Å². The normalized spacial score (nSPS) is 17.5. The summed E-state index contributed by atoms with van der Waals surface area (Å²) in [5.41, 5.74) is 2.20. The summed E-state index contributed by atoms with van der Waals surface area (Å²) in [6.07, 6.45) is 3.27. The van der Waals surface area contributed by atoms with Crippen LogP contribution in [0, 0.1) is 0 Å². The molecule has 26 heavy (non-hydrogen) atoms. The summed E-state index contributed by atoms with van der Waals surface area (Å²) in [5.74, 6) is 0.0497. The lowest BCUT2D eigenvalue weighted by molar-refractivity contribution is -0.119. The molecule has 1 aliphatic heterocycles. The Morgan fingerprint density at radius 2 is 1.85 bits per heavy atom. The fourth-order valence-corrected chi connectivity index (χ4v) is 3.39. The zero-order chi connectivity index (χ0) is 18.1. The minimum absolute atomic E-state index is 0.0497. The van der Waals surface area contributed by atoms with E-state index in [1.165, 1.54) is 0 Å². The molecule has 5 heteroatoms. The van der Waals surface area contributed by atoms with E-state index >= 15 is 0 Å². The number of rotatable bonds is 3. The maximum absolute atomic E-state index is 12.0. The van der Waals surface area contributed by atoms with Gasteiger partial charge in [0, 0.05) is 23.7 Å². The first-order valence-corrected chi connectivity index (χ1v) is 8.87. The number of hydrogen-bond donors (Lipinski definition) is 2. The molecule has 1 fully saturated rings. The molecule has 3 aromatic rings. The Morgan fingerprint density at radius 1 is 1.04 bits per heavy atom. The summed E-state index contributed by atoms with van der Waals surface area (Å²) in [6, 6.07) is 17.6. The highest BCUT2D eigenvalue weighted by Gasteiger charge is 2.20. The Kier molecular flexibility index (Phi) is 4.35. The van der Waals surface area contributed by atoms with Crippen LogP contribution in [0.4, 0.5) is 0 Å². The van der Waals surface area contributed by atoms with Gasteiger partial charge in [0.15, 0.2) is 0 Å². The monoisotopic (exact) mass is 364 g/mol. The van der Waals surface area contributed by atoms with E-state index in [0.717, 1.165) is 28.3 Å². The molecule has 0 bridgehead atoms. The number of amides is 1. The maximum atomic E-state index is 12.0. The summed E-state index contributed by atoms with van der Waals surface area (Å²) in [6.45, 7) is 0. The second-order valence-electron chi connectivity index (χ2n) is 6.40. The number of benzene rings is 2. The van der Waals surface area contributed by atoms with Gasteiger partial charge in [-0.1, -0.05) is 54.1 Å². The van der Waals surface area contributed by atoms with Gasteiger partial charge in [-0.05, 0) is 41.0 Å². The number of aromatic nitrogens is 1. The van der Waals surface area contributed by atoms with E-state index in [1.807, 2.05) is 24.3 Å². The minimum Gasteiger partial charge on any atom is -0.350 e. The van der Waals surface area contributed by atoms with Crippen molar-refractivity contribution in [2.75, 3.05) is 0 Å². The van der Waals surface area contributed by atoms with E-state index in [0.29, 0.717) is 12.1 Å². The third-order valence-electron chi connectivity index (χ3n) is 4.61. The molecule has 1 saturated heterocycles. The SMILES string of the molecule is O=C1CC[C@H](/C=C(/c2ccc3ccccc3c2)c2ccc(Cl)c(=O)[nH]2)N1. The first-order chi connectivity index (χ1) is 12.6. The van der Waals surface area contributed by atoms with Crippen LogP contribution in [0.1, 0.15) is 24.1 Å². The highest BCUT2D eigenvalue weighted by Crippen LogP contribution is 2.27. The van der Waals surface area contributed by atoms with Crippen LogP contribution in [-0.4, -0.2) is 16.9 Å². The number of carbonyl (C=O) groups is 1. The maximum Gasteiger partial charge on any atom is 0.267 e. The van der Waals surface area contributed by atoms with Gasteiger partial charge in [0.2, 0.25) is 5.91 Å². The van der Waals surface area contributed by atoms with Crippen LogP contribution in [0.2, 0.25) is 5.02 Å². The number of halogens is 1. The Hall–Kier alpha value is -2.85. The van der Waals surface area contributed by atoms with Gasteiger partial charge >= 0.3 is 0 Å². The van der Waals surface area contributed by atoms with Crippen LogP contribution in [0.3, 0.4) is 0 Å². The Balaban J connectivity index is 1.85. The molecule has 0 aliphatic carbocycles. The van der Waals surface area contributed by atoms with Crippen LogP contribution in [0.5, 0.6) is 0 Å². The molecule has 4 nitrogen and oxygen atoms in total. The first kappa shape index (κ1) is 16.6. The average molecular weight is 365 g/mol. The number of pyridine rings is 1. The second-order valence-corrected chi connectivity index (χ2v) is 6.81. The van der Waals surface area contributed by atoms with Crippen molar-refractivity contribution >= 4 is 33.9 Å². The quantitative estimate of drug-likeness (QED) is 0.740. The van der Waals surface area contributed by atoms with Crippen LogP contribution < -0.4 is 10.9 Å². The predicted octanol–water partition coefficient (Wildman–Crippen LogP) is 3.89. The molecule has 1 aromatic heterocycles. The molecule has 0 spiro atoms. The molecule has 0 radical (unpaired) electrons. The van der Waals surface area contributed by atoms with Crippen LogP contribution in [0.15, 0.2) is 65.5 Å². The molecule has 4 rings (SSSR count). The largest absolute Gasteiger partial charge is 0.350 e. The second kappa shape index (κ2) is 6.81. The van der Waals surface area contributed by atoms with Crippen molar-refractivity contribution in [3.8, 4) is 0 Å². The highest BCUT2D eigenvalue weighted by atomic mass is 35.5. The van der Waals surface area contributed by atoms with Gasteiger partial charge in [0.1, 0.15) is 5.02 Å². The molecule has 130 valence electrons. The molecular weight excluding hydrogens is 348 g/mol. The Labute approximate surface area is 155 Å². The van der Waals surface area contributed by atoms with Gasteiger partial charge in [-0.2, -0.15) is 0 Å². The summed E-state index contributed by atoms with van der Waals surface area (Å²) in [4.78, 5) is 26.4. The van der Waals surface area contributed by atoms with Crippen molar-refractivity contribution in [3.05, 3.63) is 87.3 Å². The molecule has 0 saturated carbocycles. The smallest absolute Gasteiger partial charge is 0.267 e. The Bertz CT molecular complexity index is 1080. The van der Waals surface area contributed by atoms with Crippen molar-refractivity contribution in [1.82, 2.24) is 10.3 Å². The molecule has 2 aromatic carbocycles. The zero-order valence-corrected chi connectivity index (χ0v) is 14.7. The van der Waals surface area contributed by atoms with Gasteiger partial charge in [-0.15, -0.1) is 0 Å². The van der Waals surface area contributed by atoms with E-state index in [2.05, 4.69) is 34.6 Å². The number of nitrogens with one attached hydrogen (secondary N) is 2.